The van der Waals surface area contributed by atoms with Gasteiger partial charge in [-0.3, -0.25) is 9.89 Å². The summed E-state index contributed by atoms with van der Waals surface area (Å²) >= 11 is 0. The van der Waals surface area contributed by atoms with Crippen LogP contribution in [0.1, 0.15) is 11.3 Å². The molecular formula is C13H14N2O2. The van der Waals surface area contributed by atoms with Crippen molar-refractivity contribution < 1.29 is 5.11 Å². The minimum atomic E-state index is -0.610. The summed E-state index contributed by atoms with van der Waals surface area (Å²) < 4.78 is 0. The fourth-order valence-electron chi connectivity index (χ4n) is 1.56. The van der Waals surface area contributed by atoms with Gasteiger partial charge in [0.1, 0.15) is 0 Å². The number of aromatic nitrogens is 2. The van der Waals surface area contributed by atoms with Crippen LogP contribution in [0.15, 0.2) is 47.3 Å². The Bertz CT molecular complexity index is 540. The first-order valence-electron chi connectivity index (χ1n) is 5.42. The van der Waals surface area contributed by atoms with Gasteiger partial charge in [0.05, 0.1) is 6.10 Å². The molecule has 0 saturated heterocycles. The molecule has 0 amide bonds. The van der Waals surface area contributed by atoms with Gasteiger partial charge in [0, 0.05) is 18.2 Å². The molecule has 0 aliphatic rings. The second kappa shape index (κ2) is 5.32. The van der Waals surface area contributed by atoms with E-state index in [1.54, 1.807) is 6.08 Å². The lowest BCUT2D eigenvalue weighted by atomic mass is 10.1. The summed E-state index contributed by atoms with van der Waals surface area (Å²) in [5, 5.41) is 14.9. The van der Waals surface area contributed by atoms with Crippen molar-refractivity contribution in [2.24, 2.45) is 0 Å². The lowest BCUT2D eigenvalue weighted by molar-refractivity contribution is 0.223. The van der Waals surface area contributed by atoms with Crippen molar-refractivity contribution >= 4 is 6.08 Å². The monoisotopic (exact) mass is 230 g/mol. The van der Waals surface area contributed by atoms with Gasteiger partial charge in [0.2, 0.25) is 0 Å². The fraction of sp³-hybridized carbons (Fsp3) is 0.154. The Morgan fingerprint density at radius 1 is 1.24 bits per heavy atom. The highest BCUT2D eigenvalue weighted by molar-refractivity contribution is 5.49. The molecule has 0 fully saturated rings. The zero-order valence-corrected chi connectivity index (χ0v) is 9.26. The molecule has 0 aliphatic carbocycles. The smallest absolute Gasteiger partial charge is 0.264 e. The highest BCUT2D eigenvalue weighted by atomic mass is 16.3. The number of rotatable bonds is 4. The van der Waals surface area contributed by atoms with Gasteiger partial charge in [0.15, 0.2) is 0 Å². The van der Waals surface area contributed by atoms with Crippen LogP contribution in [0.25, 0.3) is 6.08 Å². The molecule has 0 bridgehead atoms. The Hall–Kier alpha value is -2.07. The van der Waals surface area contributed by atoms with Gasteiger partial charge in [-0.05, 0) is 5.56 Å². The van der Waals surface area contributed by atoms with E-state index in [9.17, 15) is 9.90 Å². The van der Waals surface area contributed by atoms with E-state index in [4.69, 9.17) is 0 Å². The highest BCUT2D eigenvalue weighted by Crippen LogP contribution is 2.04. The Morgan fingerprint density at radius 2 is 2.00 bits per heavy atom. The summed E-state index contributed by atoms with van der Waals surface area (Å²) in [7, 11) is 0. The van der Waals surface area contributed by atoms with E-state index >= 15 is 0 Å². The molecule has 4 heteroatoms. The summed E-state index contributed by atoms with van der Waals surface area (Å²) in [6.07, 6.45) is 3.35. The van der Waals surface area contributed by atoms with E-state index in [1.807, 2.05) is 36.4 Å². The Kier molecular flexibility index (Phi) is 3.57. The lowest BCUT2D eigenvalue weighted by Crippen LogP contribution is -2.06. The molecule has 0 radical (unpaired) electrons. The highest BCUT2D eigenvalue weighted by Gasteiger charge is 2.03. The number of aliphatic hydroxyl groups is 1. The van der Waals surface area contributed by atoms with Crippen LogP contribution in [0.3, 0.4) is 0 Å². The Balaban J connectivity index is 1.95. The minimum Gasteiger partial charge on any atom is -0.389 e. The lowest BCUT2D eigenvalue weighted by Gasteiger charge is -2.02. The van der Waals surface area contributed by atoms with Crippen LogP contribution in [-0.2, 0) is 6.42 Å². The first kappa shape index (κ1) is 11.4. The van der Waals surface area contributed by atoms with Crippen molar-refractivity contribution in [1.29, 1.82) is 0 Å². The SMILES string of the molecule is O=c1cc(CC(O)/C=C/c2ccccc2)[nH][nH]1. The molecule has 2 rings (SSSR count). The molecule has 1 atom stereocenters. The van der Waals surface area contributed by atoms with Crippen molar-refractivity contribution in [3.8, 4) is 0 Å². The average Bonchev–Trinajstić information content (AvgIpc) is 2.73. The zero-order chi connectivity index (χ0) is 12.1. The van der Waals surface area contributed by atoms with E-state index in [0.717, 1.165) is 5.56 Å². The summed E-state index contributed by atoms with van der Waals surface area (Å²) in [4.78, 5) is 10.9. The molecule has 1 heterocycles. The van der Waals surface area contributed by atoms with E-state index in [2.05, 4.69) is 10.2 Å². The summed E-state index contributed by atoms with van der Waals surface area (Å²) in [5.41, 5.74) is 1.55. The molecule has 17 heavy (non-hydrogen) atoms. The number of nitrogens with one attached hydrogen (secondary N) is 2. The molecular weight excluding hydrogens is 216 g/mol. The third-order valence-corrected chi connectivity index (χ3v) is 2.39. The number of benzene rings is 1. The van der Waals surface area contributed by atoms with Gasteiger partial charge >= 0.3 is 0 Å². The Labute approximate surface area is 98.6 Å². The molecule has 3 N–H and O–H groups in total. The number of hydrogen-bond donors (Lipinski definition) is 3. The summed E-state index contributed by atoms with van der Waals surface area (Å²) in [6, 6.07) is 11.2. The number of H-pyrrole nitrogens is 2. The molecule has 2 aromatic rings. The summed E-state index contributed by atoms with van der Waals surface area (Å²) in [5.74, 6) is 0. The van der Waals surface area contributed by atoms with Crippen molar-refractivity contribution in [3.05, 3.63) is 64.1 Å². The fourth-order valence-corrected chi connectivity index (χ4v) is 1.56. The van der Waals surface area contributed by atoms with Crippen LogP contribution in [0.5, 0.6) is 0 Å². The molecule has 0 saturated carbocycles. The first-order chi connectivity index (χ1) is 8.24. The Morgan fingerprint density at radius 3 is 2.65 bits per heavy atom. The first-order valence-corrected chi connectivity index (χ1v) is 5.42. The van der Waals surface area contributed by atoms with Gasteiger partial charge in [0.25, 0.3) is 5.56 Å². The molecule has 1 aromatic carbocycles. The van der Waals surface area contributed by atoms with Gasteiger partial charge in [-0.2, -0.15) is 0 Å². The van der Waals surface area contributed by atoms with Crippen LogP contribution in [0.2, 0.25) is 0 Å². The summed E-state index contributed by atoms with van der Waals surface area (Å²) in [6.45, 7) is 0. The van der Waals surface area contributed by atoms with Gasteiger partial charge in [-0.25, -0.2) is 0 Å². The predicted molar refractivity (Wildman–Crippen MR) is 66.6 cm³/mol. The molecule has 88 valence electrons. The largest absolute Gasteiger partial charge is 0.389 e. The predicted octanol–water partition coefficient (Wildman–Crippen LogP) is 1.32. The molecule has 1 aromatic heterocycles. The van der Waals surface area contributed by atoms with E-state index in [1.165, 1.54) is 6.07 Å². The molecule has 0 spiro atoms. The zero-order valence-electron chi connectivity index (χ0n) is 9.26. The molecule has 0 aliphatic heterocycles. The normalized spacial score (nSPS) is 13.0. The number of aromatic amines is 2. The maximum atomic E-state index is 10.9. The van der Waals surface area contributed by atoms with E-state index < -0.39 is 6.10 Å². The van der Waals surface area contributed by atoms with Gasteiger partial charge < -0.3 is 10.2 Å². The van der Waals surface area contributed by atoms with Crippen LogP contribution in [0.4, 0.5) is 0 Å². The van der Waals surface area contributed by atoms with Crippen molar-refractivity contribution in [1.82, 2.24) is 10.2 Å². The standard InChI is InChI=1S/C13H14N2O2/c16-12(8-11-9-13(17)15-14-11)7-6-10-4-2-1-3-5-10/h1-7,9,12,16H,8H2,(H2,14,15,17)/b7-6+. The minimum absolute atomic E-state index is 0.181. The maximum Gasteiger partial charge on any atom is 0.264 e. The quantitative estimate of drug-likeness (QED) is 0.741. The topological polar surface area (TPSA) is 68.9 Å². The van der Waals surface area contributed by atoms with Crippen LogP contribution >= 0.6 is 0 Å². The van der Waals surface area contributed by atoms with E-state index in [-0.39, 0.29) is 5.56 Å². The average molecular weight is 230 g/mol. The molecule has 1 unspecified atom stereocenters. The van der Waals surface area contributed by atoms with Gasteiger partial charge in [-0.15, -0.1) is 0 Å². The third-order valence-electron chi connectivity index (χ3n) is 2.39. The third kappa shape index (κ3) is 3.46. The van der Waals surface area contributed by atoms with Gasteiger partial charge in [-0.1, -0.05) is 42.5 Å². The number of hydrogen-bond acceptors (Lipinski definition) is 2. The van der Waals surface area contributed by atoms with Crippen LogP contribution in [-0.4, -0.2) is 21.4 Å². The number of aliphatic hydroxyl groups excluding tert-OH is 1. The van der Waals surface area contributed by atoms with E-state index in [0.29, 0.717) is 12.1 Å². The van der Waals surface area contributed by atoms with Crippen molar-refractivity contribution in [2.45, 2.75) is 12.5 Å². The van der Waals surface area contributed by atoms with Crippen molar-refractivity contribution in [3.63, 3.8) is 0 Å². The second-order valence-electron chi connectivity index (χ2n) is 3.83. The second-order valence-corrected chi connectivity index (χ2v) is 3.83. The van der Waals surface area contributed by atoms with Crippen LogP contribution < -0.4 is 5.56 Å². The molecule has 4 nitrogen and oxygen atoms in total. The van der Waals surface area contributed by atoms with Crippen molar-refractivity contribution in [2.75, 3.05) is 0 Å². The maximum absolute atomic E-state index is 10.9. The van der Waals surface area contributed by atoms with Crippen LogP contribution in [0, 0.1) is 0 Å².